The van der Waals surface area contributed by atoms with Crippen molar-refractivity contribution in [1.29, 1.82) is 0 Å². The van der Waals surface area contributed by atoms with Crippen molar-refractivity contribution in [1.82, 2.24) is 0 Å². The Labute approximate surface area is 383 Å². The summed E-state index contributed by atoms with van der Waals surface area (Å²) in [5, 5.41) is 8.92. The summed E-state index contributed by atoms with van der Waals surface area (Å²) in [6.07, 6.45) is 0. The van der Waals surface area contributed by atoms with Gasteiger partial charge in [0.05, 0.1) is 103 Å². The SMILES string of the molecule is CCOC(=O)c1cc(C2(c3ccc(OCCOCCOCCOC)c(C(=O)OCC)c3)c3cc(Br)ccc3-c3ccc(-c4ccccc4)cc32)ccc1COCCOCCOCCO. The Morgan fingerprint density at radius 3 is 1.78 bits per heavy atom. The molecule has 0 aromatic heterocycles. The van der Waals surface area contributed by atoms with Crippen molar-refractivity contribution in [3.63, 3.8) is 0 Å². The molecule has 13 heteroatoms. The second kappa shape index (κ2) is 24.9. The molecule has 1 aliphatic carbocycles. The van der Waals surface area contributed by atoms with Gasteiger partial charge in [0.15, 0.2) is 0 Å². The molecule has 1 atom stereocenters. The Hall–Kier alpha value is -4.96. The second-order valence-electron chi connectivity index (χ2n) is 14.7. The lowest BCUT2D eigenvalue weighted by atomic mass is 9.66. The molecule has 0 radical (unpaired) electrons. The van der Waals surface area contributed by atoms with E-state index in [4.69, 9.17) is 47.7 Å². The molecule has 0 aliphatic heterocycles. The van der Waals surface area contributed by atoms with Gasteiger partial charge in [-0.3, -0.25) is 0 Å². The van der Waals surface area contributed by atoms with Crippen molar-refractivity contribution >= 4 is 27.9 Å². The van der Waals surface area contributed by atoms with Crippen LogP contribution in [0.1, 0.15) is 62.4 Å². The van der Waals surface area contributed by atoms with E-state index in [1.807, 2.05) is 60.7 Å². The number of benzene rings is 5. The number of aliphatic hydroxyl groups excluding tert-OH is 1. The van der Waals surface area contributed by atoms with Gasteiger partial charge in [-0.25, -0.2) is 9.59 Å². The fraction of sp³-hybridized carbons (Fsp3) is 0.373. The van der Waals surface area contributed by atoms with Crippen LogP contribution in [-0.2, 0) is 49.9 Å². The predicted octanol–water partition coefficient (Wildman–Crippen LogP) is 8.43. The van der Waals surface area contributed by atoms with E-state index in [0.29, 0.717) is 63.1 Å². The van der Waals surface area contributed by atoms with Gasteiger partial charge >= 0.3 is 11.9 Å². The summed E-state index contributed by atoms with van der Waals surface area (Å²) >= 11 is 3.78. The molecule has 0 heterocycles. The first-order valence-corrected chi connectivity index (χ1v) is 22.4. The van der Waals surface area contributed by atoms with Crippen LogP contribution >= 0.6 is 15.9 Å². The van der Waals surface area contributed by atoms with Gasteiger partial charge in [0.25, 0.3) is 0 Å². The minimum absolute atomic E-state index is 0.0444. The maximum absolute atomic E-state index is 14.0. The number of hydrogen-bond donors (Lipinski definition) is 1. The van der Waals surface area contributed by atoms with Gasteiger partial charge in [-0.2, -0.15) is 0 Å². The second-order valence-corrected chi connectivity index (χ2v) is 15.6. The van der Waals surface area contributed by atoms with Crippen LogP contribution in [0.4, 0.5) is 0 Å². The van der Waals surface area contributed by atoms with E-state index in [-0.39, 0.29) is 58.4 Å². The number of ether oxygens (including phenoxy) is 9. The van der Waals surface area contributed by atoms with E-state index in [1.165, 1.54) is 0 Å². The van der Waals surface area contributed by atoms with Crippen molar-refractivity contribution < 1.29 is 57.3 Å². The molecule has 64 heavy (non-hydrogen) atoms. The lowest BCUT2D eigenvalue weighted by molar-refractivity contribution is 0.00429. The number of halogens is 1. The fourth-order valence-corrected chi connectivity index (χ4v) is 8.21. The van der Waals surface area contributed by atoms with Gasteiger partial charge in [0.1, 0.15) is 17.9 Å². The predicted molar refractivity (Wildman–Crippen MR) is 246 cm³/mol. The third-order valence-corrected chi connectivity index (χ3v) is 11.2. The van der Waals surface area contributed by atoms with E-state index in [9.17, 15) is 9.59 Å². The zero-order valence-corrected chi connectivity index (χ0v) is 38.3. The number of carbonyl (C=O) groups excluding carboxylic acids is 2. The summed E-state index contributed by atoms with van der Waals surface area (Å²) in [6, 6.07) is 34.4. The van der Waals surface area contributed by atoms with E-state index in [0.717, 1.165) is 49.0 Å². The molecule has 0 amide bonds. The third kappa shape index (κ3) is 11.8. The summed E-state index contributed by atoms with van der Waals surface area (Å²) in [5.41, 5.74) is 7.69. The average molecular weight is 942 g/mol. The van der Waals surface area contributed by atoms with Gasteiger partial charge in [-0.05, 0) is 100 Å². The molecular weight excluding hydrogens is 884 g/mol. The zero-order chi connectivity index (χ0) is 45.2. The highest BCUT2D eigenvalue weighted by atomic mass is 79.9. The summed E-state index contributed by atoms with van der Waals surface area (Å²) in [7, 11) is 1.62. The van der Waals surface area contributed by atoms with Crippen LogP contribution in [0, 0.1) is 0 Å². The number of methoxy groups -OCH3 is 1. The molecule has 5 aromatic rings. The molecule has 0 spiro atoms. The quantitative estimate of drug-likeness (QED) is 0.0392. The maximum Gasteiger partial charge on any atom is 0.341 e. The molecule has 1 aliphatic rings. The molecule has 0 saturated carbocycles. The number of aliphatic hydroxyl groups is 1. The molecule has 0 fully saturated rings. The van der Waals surface area contributed by atoms with Gasteiger partial charge in [0, 0.05) is 11.6 Å². The largest absolute Gasteiger partial charge is 0.490 e. The molecule has 340 valence electrons. The summed E-state index contributed by atoms with van der Waals surface area (Å²) in [5.74, 6) is -0.667. The fourth-order valence-electron chi connectivity index (χ4n) is 7.85. The summed E-state index contributed by atoms with van der Waals surface area (Å²) in [4.78, 5) is 27.9. The Kier molecular flexibility index (Phi) is 18.9. The third-order valence-electron chi connectivity index (χ3n) is 10.7. The molecule has 0 saturated heterocycles. The molecule has 0 bridgehead atoms. The van der Waals surface area contributed by atoms with Crippen molar-refractivity contribution in [2.75, 3.05) is 99.6 Å². The Morgan fingerprint density at radius 1 is 0.562 bits per heavy atom. The number of carbonyl (C=O) groups is 2. The van der Waals surface area contributed by atoms with Gasteiger partial charge in [-0.15, -0.1) is 0 Å². The molecule has 6 rings (SSSR count). The van der Waals surface area contributed by atoms with Crippen molar-refractivity contribution in [2.45, 2.75) is 25.9 Å². The van der Waals surface area contributed by atoms with Gasteiger partial charge in [-0.1, -0.05) is 82.7 Å². The standard InChI is InChI=1S/C51H57BrO12/c1-4-62-49(54)44-32-39(13-11-38(44)35-61-28-27-59-24-23-57-20-19-53)51(40-14-18-48(45(33-40)50(55)63-5-2)64-30-29-60-26-25-58-22-21-56-3)46-31-37(36-9-7-6-8-10-36)12-16-42(46)43-17-15-41(52)34-47(43)51/h6-18,31-34,53H,4-5,19-30,35H2,1-3H3. The zero-order valence-electron chi connectivity index (χ0n) is 36.7. The first-order valence-electron chi connectivity index (χ1n) is 21.6. The topological polar surface area (TPSA) is 137 Å². The first-order chi connectivity index (χ1) is 31.4. The van der Waals surface area contributed by atoms with Crippen LogP contribution in [0.2, 0.25) is 0 Å². The highest BCUT2D eigenvalue weighted by Crippen LogP contribution is 2.58. The van der Waals surface area contributed by atoms with Crippen LogP contribution in [-0.4, -0.2) is 117 Å². The van der Waals surface area contributed by atoms with E-state index in [1.54, 1.807) is 21.0 Å². The molecule has 12 nitrogen and oxygen atoms in total. The Balaban J connectivity index is 1.46. The lowest BCUT2D eigenvalue weighted by Crippen LogP contribution is -2.30. The highest BCUT2D eigenvalue weighted by molar-refractivity contribution is 9.10. The first kappa shape index (κ1) is 48.5. The number of rotatable bonds is 27. The molecule has 1 unspecified atom stereocenters. The lowest BCUT2D eigenvalue weighted by Gasteiger charge is -2.35. The van der Waals surface area contributed by atoms with Crippen LogP contribution in [0.3, 0.4) is 0 Å². The monoisotopic (exact) mass is 940 g/mol. The van der Waals surface area contributed by atoms with Crippen LogP contribution < -0.4 is 4.74 Å². The Bertz CT molecular complexity index is 2190. The molecular formula is C51H57BrO12. The van der Waals surface area contributed by atoms with Gasteiger partial charge < -0.3 is 47.7 Å². The van der Waals surface area contributed by atoms with Crippen molar-refractivity contribution in [3.05, 3.63) is 147 Å². The smallest absolute Gasteiger partial charge is 0.341 e. The summed E-state index contributed by atoms with van der Waals surface area (Å²) in [6.45, 7) is 7.82. The highest BCUT2D eigenvalue weighted by Gasteiger charge is 2.47. The van der Waals surface area contributed by atoms with Gasteiger partial charge in [0.2, 0.25) is 0 Å². The summed E-state index contributed by atoms with van der Waals surface area (Å²) < 4.78 is 51.6. The van der Waals surface area contributed by atoms with Crippen LogP contribution in [0.25, 0.3) is 22.3 Å². The molecule has 5 aromatic carbocycles. The average Bonchev–Trinajstić information content (AvgIpc) is 3.60. The van der Waals surface area contributed by atoms with Crippen LogP contribution in [0.5, 0.6) is 5.75 Å². The van der Waals surface area contributed by atoms with E-state index >= 15 is 0 Å². The van der Waals surface area contributed by atoms with Crippen molar-refractivity contribution in [3.8, 4) is 28.0 Å². The van der Waals surface area contributed by atoms with Crippen LogP contribution in [0.15, 0.2) is 108 Å². The van der Waals surface area contributed by atoms with Crippen molar-refractivity contribution in [2.24, 2.45) is 0 Å². The number of fused-ring (bicyclic) bond motifs is 3. The normalized spacial score (nSPS) is 14.0. The maximum atomic E-state index is 14.0. The number of hydrogen-bond acceptors (Lipinski definition) is 12. The number of esters is 2. The van der Waals surface area contributed by atoms with E-state index < -0.39 is 17.4 Å². The van der Waals surface area contributed by atoms with E-state index in [2.05, 4.69) is 58.4 Å². The minimum atomic E-state index is -1.07. The Morgan fingerprint density at radius 2 is 1.12 bits per heavy atom. The molecule has 1 N–H and O–H groups in total. The minimum Gasteiger partial charge on any atom is -0.490 e.